The summed E-state index contributed by atoms with van der Waals surface area (Å²) in [5, 5.41) is 3.04. The summed E-state index contributed by atoms with van der Waals surface area (Å²) in [6.45, 7) is 7.94. The monoisotopic (exact) mass is 417 g/mol. The Balaban J connectivity index is 1.95. The third kappa shape index (κ3) is 14.5. The van der Waals surface area contributed by atoms with Crippen LogP contribution in [0.4, 0.5) is 0 Å². The minimum Gasteiger partial charge on any atom is -0.493 e. The fourth-order valence-electron chi connectivity index (χ4n) is 3.61. The summed E-state index contributed by atoms with van der Waals surface area (Å²) in [7, 11) is 0. The van der Waals surface area contributed by atoms with Gasteiger partial charge >= 0.3 is 0 Å². The molecule has 1 aromatic rings. The molecule has 0 spiro atoms. The van der Waals surface area contributed by atoms with E-state index in [1.165, 1.54) is 83.5 Å². The largest absolute Gasteiger partial charge is 0.493 e. The lowest BCUT2D eigenvalue weighted by atomic mass is 10.0. The van der Waals surface area contributed by atoms with Crippen LogP contribution in [-0.2, 0) is 0 Å². The molecule has 1 rings (SSSR count). The van der Waals surface area contributed by atoms with E-state index in [-0.39, 0.29) is 5.91 Å². The molecule has 0 radical (unpaired) electrons. The van der Waals surface area contributed by atoms with Gasteiger partial charge in [0, 0.05) is 12.1 Å². The van der Waals surface area contributed by atoms with Crippen LogP contribution in [-0.4, -0.2) is 19.1 Å². The Morgan fingerprint density at radius 1 is 0.833 bits per heavy atom. The smallest absolute Gasteiger partial charge is 0.251 e. The molecule has 0 unspecified atom stereocenters. The summed E-state index contributed by atoms with van der Waals surface area (Å²) in [5.74, 6) is 1.25. The highest BCUT2D eigenvalue weighted by Gasteiger charge is 2.06. The highest BCUT2D eigenvalue weighted by Crippen LogP contribution is 2.15. The second-order valence-electron chi connectivity index (χ2n) is 9.08. The van der Waals surface area contributed by atoms with Crippen molar-refractivity contribution in [3.8, 4) is 5.75 Å². The predicted molar refractivity (Wildman–Crippen MR) is 129 cm³/mol. The van der Waals surface area contributed by atoms with Crippen LogP contribution in [0.25, 0.3) is 0 Å². The van der Waals surface area contributed by atoms with E-state index >= 15 is 0 Å². The first-order chi connectivity index (χ1) is 14.6. The SMILES string of the molecule is CCCCCCCCCCCCCCCCNC(=O)c1cccc(OCC(C)C)c1. The van der Waals surface area contributed by atoms with E-state index in [0.717, 1.165) is 18.7 Å². The summed E-state index contributed by atoms with van der Waals surface area (Å²) in [5.41, 5.74) is 0.682. The third-order valence-corrected chi connectivity index (χ3v) is 5.50. The first-order valence-electron chi connectivity index (χ1n) is 12.6. The number of benzene rings is 1. The summed E-state index contributed by atoms with van der Waals surface area (Å²) < 4.78 is 5.71. The first-order valence-corrected chi connectivity index (χ1v) is 12.6. The predicted octanol–water partition coefficient (Wildman–Crippen LogP) is 7.93. The van der Waals surface area contributed by atoms with E-state index in [1.54, 1.807) is 0 Å². The number of nitrogens with one attached hydrogen (secondary N) is 1. The highest BCUT2D eigenvalue weighted by molar-refractivity contribution is 5.94. The van der Waals surface area contributed by atoms with Gasteiger partial charge in [-0.15, -0.1) is 0 Å². The quantitative estimate of drug-likeness (QED) is 0.232. The lowest BCUT2D eigenvalue weighted by Gasteiger charge is -2.10. The van der Waals surface area contributed by atoms with E-state index in [1.807, 2.05) is 24.3 Å². The minimum absolute atomic E-state index is 0.000286. The molecule has 3 heteroatoms. The molecule has 30 heavy (non-hydrogen) atoms. The number of amides is 1. The molecule has 0 heterocycles. The zero-order chi connectivity index (χ0) is 21.9. The zero-order valence-corrected chi connectivity index (χ0v) is 20.0. The van der Waals surface area contributed by atoms with Gasteiger partial charge in [-0.2, -0.15) is 0 Å². The van der Waals surface area contributed by atoms with Crippen molar-refractivity contribution >= 4 is 5.91 Å². The molecule has 3 nitrogen and oxygen atoms in total. The van der Waals surface area contributed by atoms with Crippen LogP contribution >= 0.6 is 0 Å². The first kappa shape index (κ1) is 26.5. The molecule has 1 N–H and O–H groups in total. The van der Waals surface area contributed by atoms with Crippen LogP contribution in [0.2, 0.25) is 0 Å². The maximum atomic E-state index is 12.3. The molecule has 0 aliphatic rings. The third-order valence-electron chi connectivity index (χ3n) is 5.50. The van der Waals surface area contributed by atoms with Gasteiger partial charge in [-0.3, -0.25) is 4.79 Å². The van der Waals surface area contributed by atoms with Gasteiger partial charge in [-0.1, -0.05) is 110 Å². The summed E-state index contributed by atoms with van der Waals surface area (Å²) in [6, 6.07) is 7.48. The lowest BCUT2D eigenvalue weighted by molar-refractivity contribution is 0.0952. The number of ether oxygens (including phenoxy) is 1. The summed E-state index contributed by atoms with van der Waals surface area (Å²) in [4.78, 5) is 12.3. The van der Waals surface area contributed by atoms with Crippen molar-refractivity contribution in [3.63, 3.8) is 0 Å². The molecule has 0 atom stereocenters. The summed E-state index contributed by atoms with van der Waals surface area (Å²) in [6.07, 6.45) is 18.9. The lowest BCUT2D eigenvalue weighted by Crippen LogP contribution is -2.24. The summed E-state index contributed by atoms with van der Waals surface area (Å²) >= 11 is 0. The Kier molecular flexibility index (Phi) is 16.2. The van der Waals surface area contributed by atoms with Gasteiger partial charge in [0.05, 0.1) is 6.61 Å². The number of carbonyl (C=O) groups is 1. The van der Waals surface area contributed by atoms with Gasteiger partial charge in [0.2, 0.25) is 0 Å². The van der Waals surface area contributed by atoms with Gasteiger partial charge in [-0.25, -0.2) is 0 Å². The van der Waals surface area contributed by atoms with Crippen LogP contribution in [0.5, 0.6) is 5.75 Å². The molecular weight excluding hydrogens is 370 g/mol. The van der Waals surface area contributed by atoms with Crippen molar-refractivity contribution < 1.29 is 9.53 Å². The minimum atomic E-state index is -0.000286. The average molecular weight is 418 g/mol. The molecule has 172 valence electrons. The normalized spacial score (nSPS) is 11.1. The Bertz CT molecular complexity index is 541. The van der Waals surface area contributed by atoms with Crippen LogP contribution in [0.15, 0.2) is 24.3 Å². The van der Waals surface area contributed by atoms with Crippen molar-refractivity contribution in [2.24, 2.45) is 5.92 Å². The molecule has 1 aromatic carbocycles. The van der Waals surface area contributed by atoms with E-state index in [9.17, 15) is 4.79 Å². The van der Waals surface area contributed by atoms with E-state index in [0.29, 0.717) is 18.1 Å². The Morgan fingerprint density at radius 3 is 1.90 bits per heavy atom. The van der Waals surface area contributed by atoms with Crippen molar-refractivity contribution in [2.75, 3.05) is 13.2 Å². The van der Waals surface area contributed by atoms with Gasteiger partial charge < -0.3 is 10.1 Å². The number of hydrogen-bond donors (Lipinski definition) is 1. The Labute approximate surface area is 186 Å². The maximum Gasteiger partial charge on any atom is 0.251 e. The molecule has 0 aliphatic heterocycles. The van der Waals surface area contributed by atoms with E-state index < -0.39 is 0 Å². The van der Waals surface area contributed by atoms with Gasteiger partial charge in [0.25, 0.3) is 5.91 Å². The highest BCUT2D eigenvalue weighted by atomic mass is 16.5. The fourth-order valence-corrected chi connectivity index (χ4v) is 3.61. The molecule has 0 aromatic heterocycles. The standard InChI is InChI=1S/C27H47NO2/c1-4-5-6-7-8-9-10-11-12-13-14-15-16-17-21-28-27(29)25-19-18-20-26(22-25)30-23-24(2)3/h18-20,22,24H,4-17,21,23H2,1-3H3,(H,28,29). The number of carbonyl (C=O) groups excluding carboxylic acids is 1. The van der Waals surface area contributed by atoms with Crippen LogP contribution in [0.1, 0.15) is 121 Å². The molecule has 0 saturated carbocycles. The van der Waals surface area contributed by atoms with Crippen molar-refractivity contribution in [2.45, 2.75) is 111 Å². The maximum absolute atomic E-state index is 12.3. The molecule has 0 bridgehead atoms. The van der Waals surface area contributed by atoms with Crippen molar-refractivity contribution in [1.82, 2.24) is 5.32 Å². The van der Waals surface area contributed by atoms with Gasteiger partial charge in [0.15, 0.2) is 0 Å². The molecule has 1 amide bonds. The Hall–Kier alpha value is -1.51. The van der Waals surface area contributed by atoms with Crippen molar-refractivity contribution in [3.05, 3.63) is 29.8 Å². The number of hydrogen-bond acceptors (Lipinski definition) is 2. The van der Waals surface area contributed by atoms with Gasteiger partial charge in [-0.05, 0) is 30.5 Å². The van der Waals surface area contributed by atoms with Crippen molar-refractivity contribution in [1.29, 1.82) is 0 Å². The number of rotatable bonds is 19. The average Bonchev–Trinajstić information content (AvgIpc) is 2.75. The molecule has 0 aliphatic carbocycles. The second kappa shape index (κ2) is 18.3. The van der Waals surface area contributed by atoms with E-state index in [4.69, 9.17) is 4.74 Å². The zero-order valence-electron chi connectivity index (χ0n) is 20.0. The van der Waals surface area contributed by atoms with Crippen LogP contribution in [0, 0.1) is 5.92 Å². The number of unbranched alkanes of at least 4 members (excludes halogenated alkanes) is 13. The van der Waals surface area contributed by atoms with E-state index in [2.05, 4.69) is 26.1 Å². The van der Waals surface area contributed by atoms with Crippen LogP contribution < -0.4 is 10.1 Å². The molecule has 0 saturated heterocycles. The molecule has 0 fully saturated rings. The molecular formula is C27H47NO2. The fraction of sp³-hybridized carbons (Fsp3) is 0.741. The van der Waals surface area contributed by atoms with Gasteiger partial charge in [0.1, 0.15) is 5.75 Å². The second-order valence-corrected chi connectivity index (χ2v) is 9.08. The Morgan fingerprint density at radius 2 is 1.37 bits per heavy atom. The van der Waals surface area contributed by atoms with Crippen LogP contribution in [0.3, 0.4) is 0 Å². The topological polar surface area (TPSA) is 38.3 Å².